The van der Waals surface area contributed by atoms with Crippen LogP contribution in [0.4, 0.5) is 0 Å². The molecule has 1 aromatic rings. The third-order valence-electron chi connectivity index (χ3n) is 4.15. The quantitative estimate of drug-likeness (QED) is 0.843. The Balaban J connectivity index is 1.47. The van der Waals surface area contributed by atoms with Crippen molar-refractivity contribution >= 4 is 33.2 Å². The molecule has 1 amide bonds. The Hall–Kier alpha value is -0.390. The number of amides is 1. The molecule has 0 atom stereocenters. The van der Waals surface area contributed by atoms with Gasteiger partial charge in [-0.25, -0.2) is 0 Å². The van der Waals surface area contributed by atoms with Crippen LogP contribution in [0.1, 0.15) is 24.1 Å². The molecule has 0 bridgehead atoms. The van der Waals surface area contributed by atoms with Gasteiger partial charge in [-0.1, -0.05) is 6.42 Å². The van der Waals surface area contributed by atoms with Crippen molar-refractivity contribution in [1.29, 1.82) is 0 Å². The number of halogens is 1. The van der Waals surface area contributed by atoms with Crippen molar-refractivity contribution in [1.82, 2.24) is 9.80 Å². The summed E-state index contributed by atoms with van der Waals surface area (Å²) in [6.07, 6.45) is 3.47. The first kappa shape index (κ1) is 13.6. The Bertz CT molecular complexity index is 450. The molecule has 1 aliphatic heterocycles. The van der Waals surface area contributed by atoms with Crippen LogP contribution >= 0.6 is 27.3 Å². The molecular formula is C14H19BrN2OS. The van der Waals surface area contributed by atoms with Gasteiger partial charge in [0.05, 0.1) is 3.79 Å². The Morgan fingerprint density at radius 2 is 2.00 bits per heavy atom. The topological polar surface area (TPSA) is 23.6 Å². The van der Waals surface area contributed by atoms with Crippen LogP contribution in [0.3, 0.4) is 0 Å². The molecule has 2 fully saturated rings. The lowest BCUT2D eigenvalue weighted by Crippen LogP contribution is -2.50. The normalized spacial score (nSPS) is 21.4. The second-order valence-electron chi connectivity index (χ2n) is 5.44. The zero-order chi connectivity index (χ0) is 13.2. The summed E-state index contributed by atoms with van der Waals surface area (Å²) in [4.78, 5) is 18.1. The summed E-state index contributed by atoms with van der Waals surface area (Å²) in [6, 6.07) is 4.29. The van der Waals surface area contributed by atoms with E-state index in [9.17, 15) is 4.79 Å². The molecule has 104 valence electrons. The lowest BCUT2D eigenvalue weighted by molar-refractivity contribution is -0.140. The first-order valence-electron chi connectivity index (χ1n) is 6.98. The van der Waals surface area contributed by atoms with Crippen LogP contribution < -0.4 is 0 Å². The van der Waals surface area contributed by atoms with Crippen LogP contribution in [0.5, 0.6) is 0 Å². The van der Waals surface area contributed by atoms with Crippen molar-refractivity contribution in [3.63, 3.8) is 0 Å². The fourth-order valence-corrected chi connectivity index (χ4v) is 4.22. The Morgan fingerprint density at radius 3 is 2.53 bits per heavy atom. The average molecular weight is 343 g/mol. The summed E-state index contributed by atoms with van der Waals surface area (Å²) in [5.74, 6) is 0.754. The molecule has 1 aliphatic carbocycles. The van der Waals surface area contributed by atoms with E-state index in [-0.39, 0.29) is 0 Å². The van der Waals surface area contributed by atoms with Gasteiger partial charge in [0.25, 0.3) is 0 Å². The van der Waals surface area contributed by atoms with Gasteiger partial charge in [0.1, 0.15) is 0 Å². The zero-order valence-electron chi connectivity index (χ0n) is 11.0. The van der Waals surface area contributed by atoms with Crippen LogP contribution in [0.15, 0.2) is 15.9 Å². The standard InChI is InChI=1S/C14H19BrN2OS/c15-13-5-4-12(19-13)10-16-6-8-17(9-7-16)14(18)11-2-1-3-11/h4-5,11H,1-3,6-10H2. The molecule has 5 heteroatoms. The van der Waals surface area contributed by atoms with Crippen LogP contribution in [0.25, 0.3) is 0 Å². The Morgan fingerprint density at radius 1 is 1.26 bits per heavy atom. The molecule has 3 rings (SSSR count). The van der Waals surface area contributed by atoms with E-state index in [2.05, 4.69) is 37.9 Å². The van der Waals surface area contributed by atoms with Crippen molar-refractivity contribution in [2.75, 3.05) is 26.2 Å². The maximum Gasteiger partial charge on any atom is 0.225 e. The third kappa shape index (κ3) is 3.20. The summed E-state index contributed by atoms with van der Waals surface area (Å²) < 4.78 is 1.20. The van der Waals surface area contributed by atoms with E-state index in [4.69, 9.17) is 0 Å². The number of hydrogen-bond acceptors (Lipinski definition) is 3. The van der Waals surface area contributed by atoms with Gasteiger partial charge in [0.15, 0.2) is 0 Å². The number of carbonyl (C=O) groups excluding carboxylic acids is 1. The fraction of sp³-hybridized carbons (Fsp3) is 0.643. The number of hydrogen-bond donors (Lipinski definition) is 0. The molecular weight excluding hydrogens is 324 g/mol. The zero-order valence-corrected chi connectivity index (χ0v) is 13.4. The number of rotatable bonds is 3. The van der Waals surface area contributed by atoms with E-state index in [1.807, 2.05) is 0 Å². The highest BCUT2D eigenvalue weighted by Crippen LogP contribution is 2.29. The largest absolute Gasteiger partial charge is 0.340 e. The predicted molar refractivity (Wildman–Crippen MR) is 81.2 cm³/mol. The Labute approximate surface area is 126 Å². The third-order valence-corrected chi connectivity index (χ3v) is 5.76. The minimum Gasteiger partial charge on any atom is -0.340 e. The molecule has 1 saturated heterocycles. The van der Waals surface area contributed by atoms with Crippen LogP contribution in [0, 0.1) is 5.92 Å². The lowest BCUT2D eigenvalue weighted by atomic mass is 9.84. The molecule has 2 heterocycles. The maximum atomic E-state index is 12.2. The van der Waals surface area contributed by atoms with E-state index >= 15 is 0 Å². The molecule has 0 spiro atoms. The van der Waals surface area contributed by atoms with E-state index in [0.29, 0.717) is 11.8 Å². The second-order valence-corrected chi connectivity index (χ2v) is 7.98. The van der Waals surface area contributed by atoms with Crippen molar-refractivity contribution < 1.29 is 4.79 Å². The number of carbonyl (C=O) groups is 1. The van der Waals surface area contributed by atoms with Crippen molar-refractivity contribution in [2.45, 2.75) is 25.8 Å². The lowest BCUT2D eigenvalue weighted by Gasteiger charge is -2.38. The highest BCUT2D eigenvalue weighted by atomic mass is 79.9. The summed E-state index contributed by atoms with van der Waals surface area (Å²) in [5, 5.41) is 0. The average Bonchev–Trinajstić information content (AvgIpc) is 2.73. The maximum absolute atomic E-state index is 12.2. The fourth-order valence-electron chi connectivity index (χ4n) is 2.70. The van der Waals surface area contributed by atoms with E-state index in [1.165, 1.54) is 15.1 Å². The van der Waals surface area contributed by atoms with Crippen LogP contribution in [-0.2, 0) is 11.3 Å². The number of thiophene rings is 1. The van der Waals surface area contributed by atoms with E-state index < -0.39 is 0 Å². The van der Waals surface area contributed by atoms with Crippen molar-refractivity contribution in [3.05, 3.63) is 20.8 Å². The summed E-state index contributed by atoms with van der Waals surface area (Å²) in [7, 11) is 0. The number of nitrogens with zero attached hydrogens (tertiary/aromatic N) is 2. The van der Waals surface area contributed by atoms with Gasteiger partial charge in [-0.15, -0.1) is 11.3 Å². The minimum absolute atomic E-state index is 0.347. The minimum atomic E-state index is 0.347. The highest BCUT2D eigenvalue weighted by molar-refractivity contribution is 9.11. The molecule has 3 nitrogen and oxygen atoms in total. The molecule has 1 saturated carbocycles. The molecule has 0 aromatic carbocycles. The van der Waals surface area contributed by atoms with Crippen LogP contribution in [-0.4, -0.2) is 41.9 Å². The first-order chi connectivity index (χ1) is 9.22. The van der Waals surface area contributed by atoms with Gasteiger partial charge in [-0.2, -0.15) is 0 Å². The van der Waals surface area contributed by atoms with Gasteiger partial charge in [0.2, 0.25) is 5.91 Å². The first-order valence-corrected chi connectivity index (χ1v) is 8.59. The predicted octanol–water partition coefficient (Wildman–Crippen LogP) is 2.95. The number of piperazine rings is 1. The van der Waals surface area contributed by atoms with Crippen molar-refractivity contribution in [3.8, 4) is 0 Å². The monoisotopic (exact) mass is 342 g/mol. The van der Waals surface area contributed by atoms with Gasteiger partial charge in [0, 0.05) is 43.5 Å². The Kier molecular flexibility index (Phi) is 4.24. The van der Waals surface area contributed by atoms with E-state index in [1.54, 1.807) is 11.3 Å². The summed E-state index contributed by atoms with van der Waals surface area (Å²) >= 11 is 5.30. The van der Waals surface area contributed by atoms with Gasteiger partial charge < -0.3 is 4.90 Å². The molecule has 0 radical (unpaired) electrons. The molecule has 2 aliphatic rings. The second kappa shape index (κ2) is 5.94. The molecule has 0 unspecified atom stereocenters. The van der Waals surface area contributed by atoms with Gasteiger partial charge >= 0.3 is 0 Å². The van der Waals surface area contributed by atoms with Crippen LogP contribution in [0.2, 0.25) is 0 Å². The molecule has 1 aromatic heterocycles. The van der Waals surface area contributed by atoms with Crippen molar-refractivity contribution in [2.24, 2.45) is 5.92 Å². The van der Waals surface area contributed by atoms with Gasteiger partial charge in [-0.05, 0) is 40.9 Å². The highest BCUT2D eigenvalue weighted by Gasteiger charge is 2.31. The van der Waals surface area contributed by atoms with E-state index in [0.717, 1.165) is 45.6 Å². The summed E-state index contributed by atoms with van der Waals surface area (Å²) in [6.45, 7) is 4.84. The molecule has 0 N–H and O–H groups in total. The molecule has 19 heavy (non-hydrogen) atoms. The summed E-state index contributed by atoms with van der Waals surface area (Å²) in [5.41, 5.74) is 0. The van der Waals surface area contributed by atoms with Gasteiger partial charge in [-0.3, -0.25) is 9.69 Å². The SMILES string of the molecule is O=C(C1CCC1)N1CCN(Cc2ccc(Br)s2)CC1. The smallest absolute Gasteiger partial charge is 0.225 e.